The number of carbonyl (C=O) groups is 1. The molecule has 2 rings (SSSR count). The topological polar surface area (TPSA) is 50.8 Å². The molecule has 5 nitrogen and oxygen atoms in total. The second-order valence-corrected chi connectivity index (χ2v) is 6.23. The van der Waals surface area contributed by atoms with Crippen molar-refractivity contribution in [3.05, 3.63) is 53.3 Å². The van der Waals surface area contributed by atoms with E-state index in [9.17, 15) is 9.18 Å². The van der Waals surface area contributed by atoms with E-state index in [2.05, 4.69) is 5.32 Å². The van der Waals surface area contributed by atoms with Gasteiger partial charge >= 0.3 is 0 Å². The van der Waals surface area contributed by atoms with Crippen LogP contribution in [-0.4, -0.2) is 37.6 Å². The Labute approximate surface area is 160 Å². The van der Waals surface area contributed by atoms with Crippen LogP contribution in [0.5, 0.6) is 11.5 Å². The van der Waals surface area contributed by atoms with Crippen molar-refractivity contribution in [1.82, 2.24) is 4.90 Å². The van der Waals surface area contributed by atoms with Crippen LogP contribution in [0.4, 0.5) is 10.1 Å². The molecule has 0 unspecified atom stereocenters. The van der Waals surface area contributed by atoms with Crippen LogP contribution in [0.3, 0.4) is 0 Å². The molecule has 0 heterocycles. The van der Waals surface area contributed by atoms with E-state index in [1.807, 2.05) is 36.9 Å². The van der Waals surface area contributed by atoms with Crippen molar-refractivity contribution in [2.45, 2.75) is 27.3 Å². The van der Waals surface area contributed by atoms with Gasteiger partial charge in [0.1, 0.15) is 5.82 Å². The Hall–Kier alpha value is -2.60. The summed E-state index contributed by atoms with van der Waals surface area (Å²) in [4.78, 5) is 14.3. The minimum Gasteiger partial charge on any atom is -0.493 e. The second-order valence-electron chi connectivity index (χ2n) is 6.23. The Morgan fingerprint density at radius 3 is 2.56 bits per heavy atom. The predicted molar refractivity (Wildman–Crippen MR) is 105 cm³/mol. The number of carbonyl (C=O) groups excluding carboxylic acids is 1. The number of ether oxygens (including phenoxy) is 2. The summed E-state index contributed by atoms with van der Waals surface area (Å²) in [6, 6.07) is 10.4. The molecule has 27 heavy (non-hydrogen) atoms. The van der Waals surface area contributed by atoms with Crippen LogP contribution in [0.15, 0.2) is 36.4 Å². The highest BCUT2D eigenvalue weighted by Gasteiger charge is 2.13. The van der Waals surface area contributed by atoms with Gasteiger partial charge in [0, 0.05) is 12.2 Å². The normalized spacial score (nSPS) is 10.7. The summed E-state index contributed by atoms with van der Waals surface area (Å²) in [7, 11) is 1.60. The SMILES string of the molecule is CCOc1ccc(CN(CC)CC(=O)Nc2ccc(C)c(F)c2)cc1OC. The van der Waals surface area contributed by atoms with Crippen LogP contribution in [0.2, 0.25) is 0 Å². The molecule has 6 heteroatoms. The van der Waals surface area contributed by atoms with Crippen molar-refractivity contribution >= 4 is 11.6 Å². The van der Waals surface area contributed by atoms with Crippen molar-refractivity contribution in [3.8, 4) is 11.5 Å². The Morgan fingerprint density at radius 2 is 1.93 bits per heavy atom. The number of benzene rings is 2. The lowest BCUT2D eigenvalue weighted by Gasteiger charge is -2.21. The lowest BCUT2D eigenvalue weighted by atomic mass is 10.2. The monoisotopic (exact) mass is 374 g/mol. The maximum Gasteiger partial charge on any atom is 0.238 e. The average Bonchev–Trinajstić information content (AvgIpc) is 2.65. The Balaban J connectivity index is 2.00. The van der Waals surface area contributed by atoms with Crippen LogP contribution < -0.4 is 14.8 Å². The molecule has 0 saturated heterocycles. The number of halogens is 1. The standard InChI is InChI=1S/C21H27FN2O3/c1-5-24(13-16-8-10-19(27-6-2)20(11-16)26-4)14-21(25)23-17-9-7-15(3)18(22)12-17/h7-12H,5-6,13-14H2,1-4H3,(H,23,25). The maximum atomic E-state index is 13.6. The highest BCUT2D eigenvalue weighted by atomic mass is 19.1. The Bertz CT molecular complexity index is 780. The van der Waals surface area contributed by atoms with E-state index in [4.69, 9.17) is 9.47 Å². The van der Waals surface area contributed by atoms with Gasteiger partial charge < -0.3 is 14.8 Å². The number of nitrogens with zero attached hydrogens (tertiary/aromatic N) is 1. The number of rotatable bonds is 9. The summed E-state index contributed by atoms with van der Waals surface area (Å²) in [5.41, 5.74) is 2.03. The summed E-state index contributed by atoms with van der Waals surface area (Å²) in [6.45, 7) is 7.67. The van der Waals surface area contributed by atoms with E-state index in [1.165, 1.54) is 6.07 Å². The number of likely N-dealkylation sites (N-methyl/N-ethyl adjacent to an activating group) is 1. The first kappa shape index (κ1) is 20.7. The third kappa shape index (κ3) is 5.96. The molecule has 0 aliphatic heterocycles. The van der Waals surface area contributed by atoms with E-state index in [-0.39, 0.29) is 18.3 Å². The van der Waals surface area contributed by atoms with Crippen LogP contribution >= 0.6 is 0 Å². The second kappa shape index (κ2) is 9.92. The van der Waals surface area contributed by atoms with Gasteiger partial charge in [-0.05, 0) is 55.8 Å². The van der Waals surface area contributed by atoms with Gasteiger partial charge in [0.2, 0.25) is 5.91 Å². The number of methoxy groups -OCH3 is 1. The molecule has 2 aromatic rings. The first-order chi connectivity index (χ1) is 13.0. The molecular formula is C21H27FN2O3. The Kier molecular flexibility index (Phi) is 7.61. The van der Waals surface area contributed by atoms with Crippen molar-refractivity contribution in [3.63, 3.8) is 0 Å². The van der Waals surface area contributed by atoms with Crippen molar-refractivity contribution in [1.29, 1.82) is 0 Å². The molecule has 146 valence electrons. The molecule has 0 aromatic heterocycles. The number of hydrogen-bond donors (Lipinski definition) is 1. The van der Waals surface area contributed by atoms with E-state index < -0.39 is 0 Å². The van der Waals surface area contributed by atoms with Gasteiger partial charge in [0.15, 0.2) is 11.5 Å². The van der Waals surface area contributed by atoms with Crippen molar-refractivity contribution < 1.29 is 18.7 Å². The van der Waals surface area contributed by atoms with Crippen molar-refractivity contribution in [2.75, 3.05) is 32.1 Å². The number of nitrogens with one attached hydrogen (secondary N) is 1. The number of amides is 1. The molecule has 0 spiro atoms. The zero-order valence-corrected chi connectivity index (χ0v) is 16.3. The Morgan fingerprint density at radius 1 is 1.15 bits per heavy atom. The van der Waals surface area contributed by atoms with Gasteiger partial charge in [-0.25, -0.2) is 4.39 Å². The molecule has 0 fully saturated rings. The average molecular weight is 374 g/mol. The summed E-state index contributed by atoms with van der Waals surface area (Å²) in [6.07, 6.45) is 0. The van der Waals surface area contributed by atoms with Crippen LogP contribution in [0.25, 0.3) is 0 Å². The number of aryl methyl sites for hydroxylation is 1. The smallest absolute Gasteiger partial charge is 0.238 e. The van der Waals surface area contributed by atoms with E-state index in [1.54, 1.807) is 26.2 Å². The molecule has 1 amide bonds. The third-order valence-electron chi connectivity index (χ3n) is 4.20. The zero-order chi connectivity index (χ0) is 19.8. The molecule has 0 aliphatic rings. The predicted octanol–water partition coefficient (Wildman–Crippen LogP) is 4.00. The van der Waals surface area contributed by atoms with Gasteiger partial charge in [-0.1, -0.05) is 19.1 Å². The molecule has 0 saturated carbocycles. The fraction of sp³-hybridized carbons (Fsp3) is 0.381. The van der Waals surface area contributed by atoms with Gasteiger partial charge in [-0.2, -0.15) is 0 Å². The minimum atomic E-state index is -0.332. The lowest BCUT2D eigenvalue weighted by Crippen LogP contribution is -2.32. The van der Waals surface area contributed by atoms with E-state index in [0.29, 0.717) is 42.4 Å². The van der Waals surface area contributed by atoms with Gasteiger partial charge in [-0.3, -0.25) is 9.69 Å². The fourth-order valence-corrected chi connectivity index (χ4v) is 2.70. The molecule has 2 aromatic carbocycles. The molecule has 0 bridgehead atoms. The van der Waals surface area contributed by atoms with Gasteiger partial charge in [0.05, 0.1) is 20.3 Å². The highest BCUT2D eigenvalue weighted by molar-refractivity contribution is 5.92. The first-order valence-electron chi connectivity index (χ1n) is 9.04. The summed E-state index contributed by atoms with van der Waals surface area (Å²) in [5.74, 6) is 0.857. The van der Waals surface area contributed by atoms with Crippen LogP contribution in [0, 0.1) is 12.7 Å². The number of hydrogen-bond acceptors (Lipinski definition) is 4. The van der Waals surface area contributed by atoms with E-state index >= 15 is 0 Å². The van der Waals surface area contributed by atoms with Gasteiger partial charge in [0.25, 0.3) is 0 Å². The molecular weight excluding hydrogens is 347 g/mol. The van der Waals surface area contributed by atoms with E-state index in [0.717, 1.165) is 5.56 Å². The van der Waals surface area contributed by atoms with Crippen LogP contribution in [-0.2, 0) is 11.3 Å². The first-order valence-corrected chi connectivity index (χ1v) is 9.04. The molecule has 0 atom stereocenters. The largest absolute Gasteiger partial charge is 0.493 e. The van der Waals surface area contributed by atoms with Gasteiger partial charge in [-0.15, -0.1) is 0 Å². The van der Waals surface area contributed by atoms with Crippen LogP contribution in [0.1, 0.15) is 25.0 Å². The third-order valence-corrected chi connectivity index (χ3v) is 4.20. The minimum absolute atomic E-state index is 0.182. The fourth-order valence-electron chi connectivity index (χ4n) is 2.70. The summed E-state index contributed by atoms with van der Waals surface area (Å²) in [5, 5.41) is 2.74. The summed E-state index contributed by atoms with van der Waals surface area (Å²) >= 11 is 0. The maximum absolute atomic E-state index is 13.6. The molecule has 0 radical (unpaired) electrons. The van der Waals surface area contributed by atoms with Crippen molar-refractivity contribution in [2.24, 2.45) is 0 Å². The highest BCUT2D eigenvalue weighted by Crippen LogP contribution is 2.28. The number of anilines is 1. The quantitative estimate of drug-likeness (QED) is 0.721. The lowest BCUT2D eigenvalue weighted by molar-refractivity contribution is -0.117. The molecule has 0 aliphatic carbocycles. The summed E-state index contributed by atoms with van der Waals surface area (Å²) < 4.78 is 24.5. The zero-order valence-electron chi connectivity index (χ0n) is 16.3. The molecule has 1 N–H and O–H groups in total.